The summed E-state index contributed by atoms with van der Waals surface area (Å²) < 4.78 is 0. The molecule has 0 aliphatic carbocycles. The molecular formula is C15H12N2. The van der Waals surface area contributed by atoms with Crippen LogP contribution in [0.3, 0.4) is 0 Å². The van der Waals surface area contributed by atoms with E-state index in [4.69, 9.17) is 5.73 Å². The highest BCUT2D eigenvalue weighted by Crippen LogP contribution is 2.39. The predicted octanol–water partition coefficient (Wildman–Crippen LogP) is 3.91. The molecule has 0 spiro atoms. The molecule has 0 aliphatic rings. The third-order valence-corrected chi connectivity index (χ3v) is 3.10. The number of benzene rings is 3. The van der Waals surface area contributed by atoms with E-state index in [1.807, 2.05) is 36.4 Å². The van der Waals surface area contributed by atoms with Crippen LogP contribution in [0.1, 0.15) is 0 Å². The van der Waals surface area contributed by atoms with Crippen LogP contribution < -0.4 is 5.73 Å². The number of rotatable bonds is 1. The lowest BCUT2D eigenvalue weighted by Gasteiger charge is -2.10. The van der Waals surface area contributed by atoms with Crippen LogP contribution in [0, 0.1) is 0 Å². The van der Waals surface area contributed by atoms with Crippen LogP contribution in [0.5, 0.6) is 0 Å². The maximum Gasteiger partial charge on any atom is 0.0936 e. The monoisotopic (exact) mass is 220 g/mol. The molecule has 17 heavy (non-hydrogen) atoms. The van der Waals surface area contributed by atoms with Gasteiger partial charge in [-0.15, -0.1) is 0 Å². The van der Waals surface area contributed by atoms with Gasteiger partial charge in [-0.05, 0) is 17.5 Å². The van der Waals surface area contributed by atoms with E-state index in [1.54, 1.807) is 0 Å². The molecule has 0 saturated carbocycles. The van der Waals surface area contributed by atoms with E-state index in [0.717, 1.165) is 21.8 Å². The molecule has 0 bridgehead atoms. The van der Waals surface area contributed by atoms with Gasteiger partial charge in [-0.3, -0.25) is 4.99 Å². The largest absolute Gasteiger partial charge is 0.396 e. The molecule has 3 rings (SSSR count). The normalized spacial score (nSPS) is 10.8. The molecule has 0 atom stereocenters. The molecular weight excluding hydrogens is 208 g/mol. The van der Waals surface area contributed by atoms with E-state index < -0.39 is 0 Å². The molecule has 0 aromatic heterocycles. The highest BCUT2D eigenvalue weighted by molar-refractivity contribution is 6.18. The zero-order valence-corrected chi connectivity index (χ0v) is 9.35. The predicted molar refractivity (Wildman–Crippen MR) is 75.1 cm³/mol. The van der Waals surface area contributed by atoms with Gasteiger partial charge in [0.2, 0.25) is 0 Å². The van der Waals surface area contributed by atoms with Crippen molar-refractivity contribution in [3.63, 3.8) is 0 Å². The summed E-state index contributed by atoms with van der Waals surface area (Å²) in [5.74, 6) is 0. The summed E-state index contributed by atoms with van der Waals surface area (Å²) >= 11 is 0. The lowest BCUT2D eigenvalue weighted by atomic mass is 9.99. The lowest BCUT2D eigenvalue weighted by Crippen LogP contribution is -1.90. The molecule has 2 heteroatoms. The van der Waals surface area contributed by atoms with Gasteiger partial charge in [0.05, 0.1) is 11.4 Å². The minimum Gasteiger partial charge on any atom is -0.396 e. The number of aliphatic imine (C=N–C) groups is 1. The van der Waals surface area contributed by atoms with Gasteiger partial charge < -0.3 is 5.73 Å². The number of hydrogen-bond donors (Lipinski definition) is 1. The molecule has 2 N–H and O–H groups in total. The van der Waals surface area contributed by atoms with E-state index in [1.165, 1.54) is 5.39 Å². The Kier molecular flexibility index (Phi) is 2.08. The first-order valence-electron chi connectivity index (χ1n) is 5.48. The quantitative estimate of drug-likeness (QED) is 0.377. The van der Waals surface area contributed by atoms with Crippen LogP contribution in [0.25, 0.3) is 21.5 Å². The van der Waals surface area contributed by atoms with Crippen LogP contribution >= 0.6 is 0 Å². The number of nitrogens with two attached hydrogens (primary N) is 1. The van der Waals surface area contributed by atoms with E-state index in [2.05, 4.69) is 23.8 Å². The third-order valence-electron chi connectivity index (χ3n) is 3.10. The zero-order valence-electron chi connectivity index (χ0n) is 9.35. The Hall–Kier alpha value is -2.35. The van der Waals surface area contributed by atoms with Gasteiger partial charge in [0.1, 0.15) is 0 Å². The van der Waals surface area contributed by atoms with Crippen molar-refractivity contribution in [1.82, 2.24) is 0 Å². The summed E-state index contributed by atoms with van der Waals surface area (Å²) in [5.41, 5.74) is 7.64. The van der Waals surface area contributed by atoms with Gasteiger partial charge in [-0.25, -0.2) is 0 Å². The molecule has 0 radical (unpaired) electrons. The van der Waals surface area contributed by atoms with E-state index in [9.17, 15) is 0 Å². The zero-order chi connectivity index (χ0) is 11.8. The average Bonchev–Trinajstić information content (AvgIpc) is 2.40. The molecule has 0 aliphatic heterocycles. The van der Waals surface area contributed by atoms with Crippen molar-refractivity contribution in [2.75, 3.05) is 5.73 Å². The van der Waals surface area contributed by atoms with Crippen LogP contribution in [0.2, 0.25) is 0 Å². The Morgan fingerprint density at radius 2 is 1.24 bits per heavy atom. The first-order chi connectivity index (χ1) is 8.33. The van der Waals surface area contributed by atoms with E-state index in [0.29, 0.717) is 5.69 Å². The average molecular weight is 220 g/mol. The molecule has 0 unspecified atom stereocenters. The number of hydrogen-bond acceptors (Lipinski definition) is 2. The Morgan fingerprint density at radius 1 is 0.765 bits per heavy atom. The molecule has 2 nitrogen and oxygen atoms in total. The highest BCUT2D eigenvalue weighted by Gasteiger charge is 2.09. The fraction of sp³-hybridized carbons (Fsp3) is 0. The summed E-state index contributed by atoms with van der Waals surface area (Å²) in [5, 5.41) is 4.42. The number of anilines is 1. The summed E-state index contributed by atoms with van der Waals surface area (Å²) in [6.07, 6.45) is 0. The third kappa shape index (κ3) is 1.31. The second-order valence-electron chi connectivity index (χ2n) is 4.01. The summed E-state index contributed by atoms with van der Waals surface area (Å²) in [6, 6.07) is 16.2. The smallest absolute Gasteiger partial charge is 0.0936 e. The SMILES string of the molecule is C=Nc1c(N)c2ccccc2c2ccccc12. The Bertz CT molecular complexity index is 729. The van der Waals surface area contributed by atoms with Crippen molar-refractivity contribution in [1.29, 1.82) is 0 Å². The van der Waals surface area contributed by atoms with Gasteiger partial charge in [-0.1, -0.05) is 48.5 Å². The van der Waals surface area contributed by atoms with Crippen LogP contribution in [-0.2, 0) is 0 Å². The van der Waals surface area contributed by atoms with Crippen molar-refractivity contribution >= 4 is 39.6 Å². The molecule has 0 heterocycles. The van der Waals surface area contributed by atoms with Crippen LogP contribution in [0.15, 0.2) is 53.5 Å². The minimum absolute atomic E-state index is 0.703. The second kappa shape index (κ2) is 3.59. The van der Waals surface area contributed by atoms with Crippen molar-refractivity contribution in [2.45, 2.75) is 0 Å². The number of nitrogens with zero attached hydrogens (tertiary/aromatic N) is 1. The molecule has 0 saturated heterocycles. The van der Waals surface area contributed by atoms with Crippen molar-refractivity contribution in [2.24, 2.45) is 4.99 Å². The fourth-order valence-corrected chi connectivity index (χ4v) is 2.32. The van der Waals surface area contributed by atoms with Crippen molar-refractivity contribution < 1.29 is 0 Å². The molecule has 3 aromatic carbocycles. The first-order valence-corrected chi connectivity index (χ1v) is 5.48. The number of nitrogen functional groups attached to an aromatic ring is 1. The molecule has 82 valence electrons. The van der Waals surface area contributed by atoms with Gasteiger partial charge in [0, 0.05) is 10.8 Å². The Labute approximate surface area is 99.4 Å². The molecule has 0 amide bonds. The van der Waals surface area contributed by atoms with Crippen molar-refractivity contribution in [3.8, 4) is 0 Å². The van der Waals surface area contributed by atoms with Gasteiger partial charge in [0.15, 0.2) is 0 Å². The first kappa shape index (κ1) is 9.85. The highest BCUT2D eigenvalue weighted by atomic mass is 14.8. The summed E-state index contributed by atoms with van der Waals surface area (Å²) in [4.78, 5) is 4.07. The second-order valence-corrected chi connectivity index (χ2v) is 4.01. The van der Waals surface area contributed by atoms with Gasteiger partial charge in [0.25, 0.3) is 0 Å². The van der Waals surface area contributed by atoms with Crippen LogP contribution in [0.4, 0.5) is 11.4 Å². The van der Waals surface area contributed by atoms with E-state index >= 15 is 0 Å². The minimum atomic E-state index is 0.703. The molecule has 3 aromatic rings. The lowest BCUT2D eigenvalue weighted by molar-refractivity contribution is 1.61. The Morgan fingerprint density at radius 3 is 1.82 bits per heavy atom. The van der Waals surface area contributed by atoms with Gasteiger partial charge >= 0.3 is 0 Å². The van der Waals surface area contributed by atoms with Gasteiger partial charge in [-0.2, -0.15) is 0 Å². The molecule has 0 fully saturated rings. The van der Waals surface area contributed by atoms with Crippen LogP contribution in [-0.4, -0.2) is 6.72 Å². The fourth-order valence-electron chi connectivity index (χ4n) is 2.32. The Balaban J connectivity index is 2.68. The van der Waals surface area contributed by atoms with E-state index in [-0.39, 0.29) is 0 Å². The van der Waals surface area contributed by atoms with Crippen molar-refractivity contribution in [3.05, 3.63) is 48.5 Å². The topological polar surface area (TPSA) is 38.4 Å². The maximum absolute atomic E-state index is 6.16. The number of fused-ring (bicyclic) bond motifs is 3. The standard InChI is InChI=1S/C15H12N2/c1-17-15-13-9-5-3-7-11(13)10-6-2-4-8-12(10)14(15)16/h2-9H,1,16H2. The maximum atomic E-state index is 6.16. The summed E-state index contributed by atoms with van der Waals surface area (Å²) in [7, 11) is 0. The summed E-state index contributed by atoms with van der Waals surface area (Å²) in [6.45, 7) is 3.62.